The second-order valence-corrected chi connectivity index (χ2v) is 3.62. The van der Waals surface area contributed by atoms with Crippen molar-refractivity contribution in [2.75, 3.05) is 18.6 Å². The standard InChI is InChI=1S/C11H14ClN3O3/c1-2-18-10(16)7-13-11(17)15-14-9-6-4-3-5-8(9)12/h3-6,14H,2,7H2,1H3,(H2,13,15,17). The van der Waals surface area contributed by atoms with Gasteiger partial charge in [-0.05, 0) is 19.1 Å². The van der Waals surface area contributed by atoms with Gasteiger partial charge in [-0.25, -0.2) is 4.79 Å². The summed E-state index contributed by atoms with van der Waals surface area (Å²) < 4.78 is 4.65. The SMILES string of the molecule is CCOC(=O)CNC(=O)NNc1ccccc1Cl. The summed E-state index contributed by atoms with van der Waals surface area (Å²) in [6.45, 7) is 1.78. The third-order valence-electron chi connectivity index (χ3n) is 1.88. The Morgan fingerprint density at radius 2 is 2.06 bits per heavy atom. The molecule has 0 heterocycles. The molecule has 0 spiro atoms. The third-order valence-corrected chi connectivity index (χ3v) is 2.21. The van der Waals surface area contributed by atoms with E-state index in [2.05, 4.69) is 20.9 Å². The van der Waals surface area contributed by atoms with Crippen molar-refractivity contribution in [2.24, 2.45) is 0 Å². The monoisotopic (exact) mass is 271 g/mol. The highest BCUT2D eigenvalue weighted by molar-refractivity contribution is 6.33. The molecule has 0 bridgehead atoms. The van der Waals surface area contributed by atoms with E-state index in [0.29, 0.717) is 10.7 Å². The summed E-state index contributed by atoms with van der Waals surface area (Å²) in [6, 6.07) is 6.37. The predicted octanol–water partition coefficient (Wildman–Crippen LogP) is 1.53. The van der Waals surface area contributed by atoms with Crippen molar-refractivity contribution in [2.45, 2.75) is 6.92 Å². The Balaban J connectivity index is 2.29. The van der Waals surface area contributed by atoms with Crippen LogP contribution in [0.2, 0.25) is 5.02 Å². The van der Waals surface area contributed by atoms with E-state index in [-0.39, 0.29) is 13.2 Å². The molecule has 0 radical (unpaired) electrons. The van der Waals surface area contributed by atoms with E-state index in [4.69, 9.17) is 11.6 Å². The number of hydrazine groups is 1. The summed E-state index contributed by atoms with van der Waals surface area (Å²) in [5.74, 6) is -0.495. The molecule has 2 amide bonds. The lowest BCUT2D eigenvalue weighted by atomic mass is 10.3. The van der Waals surface area contributed by atoms with E-state index < -0.39 is 12.0 Å². The zero-order valence-corrected chi connectivity index (χ0v) is 10.6. The van der Waals surface area contributed by atoms with Crippen molar-refractivity contribution in [3.8, 4) is 0 Å². The third kappa shape index (κ3) is 4.92. The van der Waals surface area contributed by atoms with Crippen molar-refractivity contribution in [1.82, 2.24) is 10.7 Å². The fourth-order valence-electron chi connectivity index (χ4n) is 1.10. The van der Waals surface area contributed by atoms with Gasteiger partial charge >= 0.3 is 12.0 Å². The molecule has 0 aliphatic carbocycles. The Labute approximate surface area is 110 Å². The normalized spacial score (nSPS) is 9.44. The van der Waals surface area contributed by atoms with E-state index in [0.717, 1.165) is 0 Å². The number of hydrogen-bond donors (Lipinski definition) is 3. The number of benzene rings is 1. The molecule has 1 rings (SSSR count). The second kappa shape index (κ2) is 7.39. The largest absolute Gasteiger partial charge is 0.465 e. The molecule has 0 saturated heterocycles. The van der Waals surface area contributed by atoms with Crippen LogP contribution in [0.4, 0.5) is 10.5 Å². The van der Waals surface area contributed by atoms with Gasteiger partial charge in [0.15, 0.2) is 0 Å². The lowest BCUT2D eigenvalue weighted by Crippen LogP contribution is -2.41. The van der Waals surface area contributed by atoms with E-state index >= 15 is 0 Å². The van der Waals surface area contributed by atoms with Gasteiger partial charge in [-0.3, -0.25) is 15.6 Å². The maximum atomic E-state index is 11.3. The number of hydrogen-bond acceptors (Lipinski definition) is 4. The summed E-state index contributed by atoms with van der Waals surface area (Å²) in [6.07, 6.45) is 0. The highest BCUT2D eigenvalue weighted by Crippen LogP contribution is 2.19. The van der Waals surface area contributed by atoms with Crippen molar-refractivity contribution in [1.29, 1.82) is 0 Å². The van der Waals surface area contributed by atoms with Crippen molar-refractivity contribution in [3.63, 3.8) is 0 Å². The van der Waals surface area contributed by atoms with Crippen LogP contribution in [0.3, 0.4) is 0 Å². The number of carbonyl (C=O) groups excluding carboxylic acids is 2. The second-order valence-electron chi connectivity index (χ2n) is 3.22. The number of anilines is 1. The lowest BCUT2D eigenvalue weighted by Gasteiger charge is -2.10. The Morgan fingerprint density at radius 3 is 2.72 bits per heavy atom. The number of urea groups is 1. The minimum absolute atomic E-state index is 0.191. The number of carbonyl (C=O) groups is 2. The first-order chi connectivity index (χ1) is 8.63. The molecular formula is C11H14ClN3O3. The average Bonchev–Trinajstić information content (AvgIpc) is 2.36. The fourth-order valence-corrected chi connectivity index (χ4v) is 1.28. The number of para-hydroxylation sites is 1. The Morgan fingerprint density at radius 1 is 1.33 bits per heavy atom. The van der Waals surface area contributed by atoms with Gasteiger partial charge in [-0.15, -0.1) is 0 Å². The Bertz CT molecular complexity index is 426. The number of ether oxygens (including phenoxy) is 1. The van der Waals surface area contributed by atoms with Crippen LogP contribution in [0.15, 0.2) is 24.3 Å². The van der Waals surface area contributed by atoms with Gasteiger partial charge in [-0.2, -0.15) is 0 Å². The zero-order chi connectivity index (χ0) is 13.4. The molecule has 6 nitrogen and oxygen atoms in total. The quantitative estimate of drug-likeness (QED) is 0.560. The highest BCUT2D eigenvalue weighted by Gasteiger charge is 2.05. The molecule has 0 aromatic heterocycles. The van der Waals surface area contributed by atoms with Gasteiger partial charge in [0.05, 0.1) is 17.3 Å². The summed E-state index contributed by atoms with van der Waals surface area (Å²) in [4.78, 5) is 22.3. The number of nitrogens with one attached hydrogen (secondary N) is 3. The van der Waals surface area contributed by atoms with Crippen molar-refractivity contribution in [3.05, 3.63) is 29.3 Å². The molecule has 98 valence electrons. The van der Waals surface area contributed by atoms with Gasteiger partial charge in [-0.1, -0.05) is 23.7 Å². The number of halogens is 1. The molecule has 0 aliphatic heterocycles. The average molecular weight is 272 g/mol. The molecule has 0 saturated carbocycles. The molecule has 0 aliphatic rings. The molecule has 1 aromatic rings. The lowest BCUT2D eigenvalue weighted by molar-refractivity contribution is -0.141. The van der Waals surface area contributed by atoms with Crippen molar-refractivity contribution < 1.29 is 14.3 Å². The molecule has 18 heavy (non-hydrogen) atoms. The maximum absolute atomic E-state index is 11.3. The minimum Gasteiger partial charge on any atom is -0.465 e. The van der Waals surface area contributed by atoms with Crippen LogP contribution in [0.25, 0.3) is 0 Å². The van der Waals surface area contributed by atoms with E-state index in [1.165, 1.54) is 0 Å². The van der Waals surface area contributed by atoms with E-state index in [1.807, 2.05) is 0 Å². The minimum atomic E-state index is -0.553. The summed E-state index contributed by atoms with van der Waals surface area (Å²) in [7, 11) is 0. The van der Waals surface area contributed by atoms with E-state index in [9.17, 15) is 9.59 Å². The number of esters is 1. The smallest absolute Gasteiger partial charge is 0.333 e. The Kier molecular flexibility index (Phi) is 5.79. The van der Waals surface area contributed by atoms with Gasteiger partial charge in [0.1, 0.15) is 6.54 Å². The topological polar surface area (TPSA) is 79.5 Å². The summed E-state index contributed by atoms with van der Waals surface area (Å²) in [5.41, 5.74) is 5.53. The predicted molar refractivity (Wildman–Crippen MR) is 68.2 cm³/mol. The molecule has 0 atom stereocenters. The molecule has 1 aromatic carbocycles. The summed E-state index contributed by atoms with van der Waals surface area (Å²) in [5, 5.41) is 2.80. The van der Waals surface area contributed by atoms with Gasteiger partial charge in [0.2, 0.25) is 0 Å². The first kappa shape index (κ1) is 14.1. The number of rotatable bonds is 5. The maximum Gasteiger partial charge on any atom is 0.333 e. The summed E-state index contributed by atoms with van der Waals surface area (Å²) >= 11 is 5.87. The van der Waals surface area contributed by atoms with Crippen molar-refractivity contribution >= 4 is 29.3 Å². The zero-order valence-electron chi connectivity index (χ0n) is 9.83. The first-order valence-corrected chi connectivity index (χ1v) is 5.71. The van der Waals surface area contributed by atoms with Crippen LogP contribution in [-0.4, -0.2) is 25.2 Å². The van der Waals surface area contributed by atoms with Crippen LogP contribution in [-0.2, 0) is 9.53 Å². The van der Waals surface area contributed by atoms with Gasteiger partial charge in [0.25, 0.3) is 0 Å². The van der Waals surface area contributed by atoms with Crippen LogP contribution < -0.4 is 16.2 Å². The molecule has 3 N–H and O–H groups in total. The fraction of sp³-hybridized carbons (Fsp3) is 0.273. The molecule has 0 fully saturated rings. The first-order valence-electron chi connectivity index (χ1n) is 5.33. The van der Waals surface area contributed by atoms with Gasteiger partial charge < -0.3 is 10.1 Å². The molecule has 7 heteroatoms. The molecule has 0 unspecified atom stereocenters. The highest BCUT2D eigenvalue weighted by atomic mass is 35.5. The Hall–Kier alpha value is -1.95. The van der Waals surface area contributed by atoms with Crippen LogP contribution in [0.1, 0.15) is 6.92 Å². The van der Waals surface area contributed by atoms with E-state index in [1.54, 1.807) is 31.2 Å². The molecular weight excluding hydrogens is 258 g/mol. The van der Waals surface area contributed by atoms with Gasteiger partial charge in [0, 0.05) is 0 Å². The number of amides is 2. The van der Waals surface area contributed by atoms with Crippen LogP contribution >= 0.6 is 11.6 Å². The van der Waals surface area contributed by atoms with Crippen LogP contribution in [0.5, 0.6) is 0 Å². The van der Waals surface area contributed by atoms with Crippen LogP contribution in [0, 0.1) is 0 Å².